The maximum Gasteiger partial charge on any atom is 0.123 e. The molecule has 94 valence electrons. The van der Waals surface area contributed by atoms with Crippen molar-refractivity contribution in [2.45, 2.75) is 13.1 Å². The third kappa shape index (κ3) is 3.53. The van der Waals surface area contributed by atoms with Crippen LogP contribution >= 0.6 is 0 Å². The standard InChI is InChI=1S/C14H16FN3/c1-18(9-11-3-2-4-13(15)7-11)10-12-5-6-14(16)17-8-12/h2-8H,9-10H2,1H3,(H2,16,17). The summed E-state index contributed by atoms with van der Waals surface area (Å²) in [7, 11) is 1.99. The zero-order valence-electron chi connectivity index (χ0n) is 10.3. The van der Waals surface area contributed by atoms with E-state index in [0.717, 1.165) is 17.7 Å². The van der Waals surface area contributed by atoms with Crippen LogP contribution in [-0.2, 0) is 13.1 Å². The Kier molecular flexibility index (Phi) is 3.89. The van der Waals surface area contributed by atoms with Gasteiger partial charge < -0.3 is 5.73 Å². The summed E-state index contributed by atoms with van der Waals surface area (Å²) in [5.74, 6) is 0.321. The first-order chi connectivity index (χ1) is 8.63. The number of hydrogen-bond donors (Lipinski definition) is 1. The van der Waals surface area contributed by atoms with Crippen molar-refractivity contribution < 1.29 is 4.39 Å². The SMILES string of the molecule is CN(Cc1ccc(N)nc1)Cc1cccc(F)c1. The van der Waals surface area contributed by atoms with Gasteiger partial charge in [-0.3, -0.25) is 4.90 Å². The van der Waals surface area contributed by atoms with Gasteiger partial charge in [-0.05, 0) is 36.4 Å². The molecule has 1 heterocycles. The van der Waals surface area contributed by atoms with Crippen LogP contribution in [0.5, 0.6) is 0 Å². The van der Waals surface area contributed by atoms with Crippen LogP contribution in [0.1, 0.15) is 11.1 Å². The third-order valence-electron chi connectivity index (χ3n) is 2.64. The Balaban J connectivity index is 1.96. The highest BCUT2D eigenvalue weighted by atomic mass is 19.1. The Hall–Kier alpha value is -1.94. The molecule has 0 atom stereocenters. The monoisotopic (exact) mass is 245 g/mol. The molecule has 0 aliphatic rings. The van der Waals surface area contributed by atoms with Gasteiger partial charge in [0, 0.05) is 19.3 Å². The highest BCUT2D eigenvalue weighted by Gasteiger charge is 2.03. The number of nitrogen functional groups attached to an aromatic ring is 1. The van der Waals surface area contributed by atoms with Crippen molar-refractivity contribution in [3.05, 3.63) is 59.5 Å². The van der Waals surface area contributed by atoms with Crippen LogP contribution < -0.4 is 5.73 Å². The lowest BCUT2D eigenvalue weighted by atomic mass is 10.2. The molecule has 3 nitrogen and oxygen atoms in total. The fourth-order valence-electron chi connectivity index (χ4n) is 1.84. The van der Waals surface area contributed by atoms with E-state index >= 15 is 0 Å². The minimum absolute atomic E-state index is 0.199. The van der Waals surface area contributed by atoms with Crippen LogP contribution in [0, 0.1) is 5.82 Å². The normalized spacial score (nSPS) is 10.8. The van der Waals surface area contributed by atoms with Crippen molar-refractivity contribution in [3.63, 3.8) is 0 Å². The quantitative estimate of drug-likeness (QED) is 0.899. The largest absolute Gasteiger partial charge is 0.384 e. The smallest absolute Gasteiger partial charge is 0.123 e. The Morgan fingerprint density at radius 3 is 2.61 bits per heavy atom. The first-order valence-electron chi connectivity index (χ1n) is 5.77. The van der Waals surface area contributed by atoms with Gasteiger partial charge in [-0.1, -0.05) is 18.2 Å². The molecule has 4 heteroatoms. The van der Waals surface area contributed by atoms with Gasteiger partial charge in [0.1, 0.15) is 11.6 Å². The summed E-state index contributed by atoms with van der Waals surface area (Å²) in [5, 5.41) is 0. The molecule has 2 aromatic rings. The average Bonchev–Trinajstić information content (AvgIpc) is 2.32. The zero-order chi connectivity index (χ0) is 13.0. The Bertz CT molecular complexity index is 511. The molecular formula is C14H16FN3. The van der Waals surface area contributed by atoms with E-state index in [2.05, 4.69) is 9.88 Å². The maximum absolute atomic E-state index is 13.0. The second kappa shape index (κ2) is 5.60. The van der Waals surface area contributed by atoms with E-state index in [1.165, 1.54) is 6.07 Å². The fourth-order valence-corrected chi connectivity index (χ4v) is 1.84. The molecule has 2 rings (SSSR count). The molecule has 18 heavy (non-hydrogen) atoms. The topological polar surface area (TPSA) is 42.1 Å². The molecule has 0 bridgehead atoms. The lowest BCUT2D eigenvalue weighted by Gasteiger charge is -2.16. The number of rotatable bonds is 4. The second-order valence-corrected chi connectivity index (χ2v) is 4.39. The summed E-state index contributed by atoms with van der Waals surface area (Å²) >= 11 is 0. The molecule has 0 amide bonds. The molecule has 0 saturated carbocycles. The maximum atomic E-state index is 13.0. The van der Waals surface area contributed by atoms with Gasteiger partial charge in [-0.2, -0.15) is 0 Å². The predicted molar refractivity (Wildman–Crippen MR) is 70.2 cm³/mol. The first kappa shape index (κ1) is 12.5. The van der Waals surface area contributed by atoms with Crippen LogP contribution in [0.2, 0.25) is 0 Å². The summed E-state index contributed by atoms with van der Waals surface area (Å²) in [6.45, 7) is 1.45. The van der Waals surface area contributed by atoms with Crippen molar-refractivity contribution >= 4 is 5.82 Å². The second-order valence-electron chi connectivity index (χ2n) is 4.39. The molecule has 0 saturated heterocycles. The molecule has 0 fully saturated rings. The van der Waals surface area contributed by atoms with Crippen LogP contribution in [0.25, 0.3) is 0 Å². The minimum Gasteiger partial charge on any atom is -0.384 e. The van der Waals surface area contributed by atoms with E-state index in [0.29, 0.717) is 12.4 Å². The third-order valence-corrected chi connectivity index (χ3v) is 2.64. The van der Waals surface area contributed by atoms with Gasteiger partial charge in [0.25, 0.3) is 0 Å². The highest BCUT2D eigenvalue weighted by molar-refractivity contribution is 5.29. The van der Waals surface area contributed by atoms with Gasteiger partial charge in [-0.25, -0.2) is 9.37 Å². The molecule has 1 aromatic heterocycles. The van der Waals surface area contributed by atoms with Gasteiger partial charge in [0.15, 0.2) is 0 Å². The van der Waals surface area contributed by atoms with Gasteiger partial charge in [0.2, 0.25) is 0 Å². The van der Waals surface area contributed by atoms with Crippen molar-refractivity contribution in [2.75, 3.05) is 12.8 Å². The van der Waals surface area contributed by atoms with E-state index in [1.54, 1.807) is 24.4 Å². The summed E-state index contributed by atoms with van der Waals surface area (Å²) in [5.41, 5.74) is 7.58. The van der Waals surface area contributed by atoms with Crippen LogP contribution in [0.3, 0.4) is 0 Å². The molecule has 0 aliphatic heterocycles. The number of pyridine rings is 1. The van der Waals surface area contributed by atoms with Crippen molar-refractivity contribution in [3.8, 4) is 0 Å². The van der Waals surface area contributed by atoms with Crippen molar-refractivity contribution in [2.24, 2.45) is 0 Å². The number of nitrogens with zero attached hydrogens (tertiary/aromatic N) is 2. The Morgan fingerprint density at radius 1 is 1.17 bits per heavy atom. The summed E-state index contributed by atoms with van der Waals surface area (Å²) in [4.78, 5) is 6.14. The molecule has 0 spiro atoms. The van der Waals surface area contributed by atoms with E-state index < -0.39 is 0 Å². The van der Waals surface area contributed by atoms with Gasteiger partial charge >= 0.3 is 0 Å². The van der Waals surface area contributed by atoms with Gasteiger partial charge in [0.05, 0.1) is 0 Å². The number of aromatic nitrogens is 1. The number of benzene rings is 1. The number of anilines is 1. The Labute approximate surface area is 106 Å². The molecule has 2 N–H and O–H groups in total. The summed E-state index contributed by atoms with van der Waals surface area (Å²) in [6, 6.07) is 10.4. The molecule has 0 radical (unpaired) electrons. The van der Waals surface area contributed by atoms with Crippen LogP contribution in [0.4, 0.5) is 10.2 Å². The lowest BCUT2D eigenvalue weighted by molar-refractivity contribution is 0.318. The Morgan fingerprint density at radius 2 is 1.94 bits per heavy atom. The van der Waals surface area contributed by atoms with Crippen molar-refractivity contribution in [1.29, 1.82) is 0 Å². The molecule has 0 aliphatic carbocycles. The first-order valence-corrected chi connectivity index (χ1v) is 5.77. The number of halogens is 1. The van der Waals surface area contributed by atoms with Gasteiger partial charge in [-0.15, -0.1) is 0 Å². The summed E-state index contributed by atoms with van der Waals surface area (Å²) in [6.07, 6.45) is 1.76. The van der Waals surface area contributed by atoms with E-state index in [1.807, 2.05) is 19.2 Å². The zero-order valence-corrected chi connectivity index (χ0v) is 10.3. The summed E-state index contributed by atoms with van der Waals surface area (Å²) < 4.78 is 13.0. The van der Waals surface area contributed by atoms with Crippen LogP contribution in [-0.4, -0.2) is 16.9 Å². The predicted octanol–water partition coefficient (Wildman–Crippen LogP) is 2.43. The van der Waals surface area contributed by atoms with E-state index in [-0.39, 0.29) is 5.82 Å². The molecule has 0 unspecified atom stereocenters. The fraction of sp³-hybridized carbons (Fsp3) is 0.214. The average molecular weight is 245 g/mol. The van der Waals surface area contributed by atoms with E-state index in [9.17, 15) is 4.39 Å². The van der Waals surface area contributed by atoms with Crippen molar-refractivity contribution in [1.82, 2.24) is 9.88 Å². The lowest BCUT2D eigenvalue weighted by Crippen LogP contribution is -2.17. The number of nitrogens with two attached hydrogens (primary N) is 1. The van der Waals surface area contributed by atoms with E-state index in [4.69, 9.17) is 5.73 Å². The number of hydrogen-bond acceptors (Lipinski definition) is 3. The highest BCUT2D eigenvalue weighted by Crippen LogP contribution is 2.09. The molecular weight excluding hydrogens is 229 g/mol. The van der Waals surface area contributed by atoms with Crippen LogP contribution in [0.15, 0.2) is 42.6 Å². The minimum atomic E-state index is -0.199. The molecule has 1 aromatic carbocycles.